The molecule has 4 unspecified atom stereocenters. The van der Waals surface area contributed by atoms with Gasteiger partial charge in [-0.1, -0.05) is 109 Å². The Labute approximate surface area is 281 Å². The van der Waals surface area contributed by atoms with E-state index in [1.54, 1.807) is 16.1 Å². The van der Waals surface area contributed by atoms with Crippen LogP contribution in [0, 0.1) is 23.2 Å². The summed E-state index contributed by atoms with van der Waals surface area (Å²) in [4.78, 5) is 4.62. The molecule has 0 amide bonds. The third-order valence-corrected chi connectivity index (χ3v) is 13.8. The van der Waals surface area contributed by atoms with E-state index in [0.717, 1.165) is 37.7 Å². The van der Waals surface area contributed by atoms with Crippen LogP contribution in [-0.2, 0) is 0 Å². The molecular weight excluding hydrogens is 595 g/mol. The van der Waals surface area contributed by atoms with Crippen LogP contribution in [-0.4, -0.2) is 5.25 Å². The van der Waals surface area contributed by atoms with Gasteiger partial charge in [0.15, 0.2) is 0 Å². The zero-order chi connectivity index (χ0) is 30.6. The third kappa shape index (κ3) is 4.68. The fourth-order valence-corrected chi connectivity index (χ4v) is 12.0. The van der Waals surface area contributed by atoms with E-state index in [1.807, 2.05) is 17.8 Å². The summed E-state index contributed by atoms with van der Waals surface area (Å²) in [6.07, 6.45) is 32.3. The Morgan fingerprint density at radius 1 is 0.870 bits per heavy atom. The number of thioether (sulfide) groups is 2. The highest BCUT2D eigenvalue weighted by Gasteiger charge is 2.41. The molecule has 0 saturated heterocycles. The molecule has 46 heavy (non-hydrogen) atoms. The molecule has 0 bridgehead atoms. The molecule has 2 aromatic rings. The number of hydrogen-bond acceptors (Lipinski definition) is 3. The van der Waals surface area contributed by atoms with Gasteiger partial charge in [-0.15, -0.1) is 11.8 Å². The number of hydrogen-bond donors (Lipinski definition) is 0. The molecule has 1 nitrogen and oxygen atoms in total. The van der Waals surface area contributed by atoms with Crippen LogP contribution in [0.3, 0.4) is 0 Å². The van der Waals surface area contributed by atoms with Gasteiger partial charge in [0.05, 0.1) is 6.07 Å². The Balaban J connectivity index is 1.26. The Morgan fingerprint density at radius 2 is 1.74 bits per heavy atom. The van der Waals surface area contributed by atoms with Gasteiger partial charge >= 0.3 is 0 Å². The number of allylic oxidation sites excluding steroid dienone is 16. The number of rotatable bonds is 4. The standard InChI is InChI=1S/C43H37NS2/c44-26-27-11-8-14-29(25-27)41-33(37-20-10-18-35-31-16-5-7-22-39(31)46-43(35)37)24-23-32(40(41)28-12-2-1-3-13-28)36-19-9-17-34-30-15-4-6-21-38(30)45-42(34)36/h1-3,5-6,8-9,11-14,16,19-21,23-24,29,34-35,43H,4,7,10,15,17-18,22,25H2. The lowest BCUT2D eigenvalue weighted by Crippen LogP contribution is -2.21. The molecule has 0 spiro atoms. The number of nitriles is 1. The summed E-state index contributed by atoms with van der Waals surface area (Å²) in [6.45, 7) is 0. The average Bonchev–Trinajstić information content (AvgIpc) is 3.70. The molecule has 9 rings (SSSR count). The second kappa shape index (κ2) is 11.8. The first-order valence-corrected chi connectivity index (χ1v) is 18.7. The van der Waals surface area contributed by atoms with Crippen LogP contribution >= 0.6 is 23.5 Å². The van der Waals surface area contributed by atoms with Gasteiger partial charge in [0, 0.05) is 38.4 Å². The van der Waals surface area contributed by atoms with E-state index in [1.165, 1.54) is 68.0 Å². The summed E-state index contributed by atoms with van der Waals surface area (Å²) in [7, 11) is 0. The fraction of sp³-hybridized carbons (Fsp3) is 0.279. The van der Waals surface area contributed by atoms with Crippen molar-refractivity contribution in [3.8, 4) is 17.2 Å². The molecule has 0 aromatic heterocycles. The highest BCUT2D eigenvalue weighted by Crippen LogP contribution is 2.58. The van der Waals surface area contributed by atoms with Gasteiger partial charge in [-0.2, -0.15) is 5.26 Å². The normalized spacial score (nSPS) is 27.6. The molecule has 5 aliphatic carbocycles. The van der Waals surface area contributed by atoms with Crippen LogP contribution in [0.15, 0.2) is 135 Å². The number of nitrogens with zero attached hydrogens (tertiary/aromatic N) is 1. The van der Waals surface area contributed by atoms with Crippen LogP contribution in [0.1, 0.15) is 74.0 Å². The monoisotopic (exact) mass is 631 g/mol. The van der Waals surface area contributed by atoms with E-state index >= 15 is 0 Å². The molecule has 0 radical (unpaired) electrons. The van der Waals surface area contributed by atoms with Crippen molar-refractivity contribution in [2.45, 2.75) is 62.5 Å². The van der Waals surface area contributed by atoms with Crippen LogP contribution in [0.4, 0.5) is 0 Å². The first-order valence-electron chi connectivity index (χ1n) is 17.0. The highest BCUT2D eigenvalue weighted by atomic mass is 32.2. The molecule has 2 aliphatic heterocycles. The molecule has 0 saturated carbocycles. The minimum absolute atomic E-state index is 0.138. The Morgan fingerprint density at radius 3 is 2.65 bits per heavy atom. The first kappa shape index (κ1) is 28.5. The molecule has 2 heterocycles. The van der Waals surface area contributed by atoms with E-state index in [2.05, 4.69) is 115 Å². The zero-order valence-corrected chi connectivity index (χ0v) is 27.7. The summed E-state index contributed by atoms with van der Waals surface area (Å²) in [5.41, 5.74) is 13.8. The predicted octanol–water partition coefficient (Wildman–Crippen LogP) is 12.0. The molecule has 0 fully saturated rings. The zero-order valence-electron chi connectivity index (χ0n) is 26.0. The Hall–Kier alpha value is -3.71. The van der Waals surface area contributed by atoms with E-state index in [0.29, 0.717) is 17.1 Å². The van der Waals surface area contributed by atoms with Crippen molar-refractivity contribution in [2.75, 3.05) is 0 Å². The molecule has 3 heteroatoms. The SMILES string of the molecule is N#CC1=CC=CC(c2c(C3=CCCC4C5=C(CCC=C5)SC34)ccc(C3=C4SC5=C(CCC=C5)C4CC=C3)c2-c2ccccc2)C1. The van der Waals surface area contributed by atoms with Crippen LogP contribution in [0.2, 0.25) is 0 Å². The first-order chi connectivity index (χ1) is 22.8. The second-order valence-corrected chi connectivity index (χ2v) is 15.7. The van der Waals surface area contributed by atoms with Crippen molar-refractivity contribution in [1.82, 2.24) is 0 Å². The van der Waals surface area contributed by atoms with E-state index in [4.69, 9.17) is 0 Å². The number of benzene rings is 2. The van der Waals surface area contributed by atoms with Crippen molar-refractivity contribution < 1.29 is 0 Å². The van der Waals surface area contributed by atoms with Gasteiger partial charge in [0.25, 0.3) is 0 Å². The van der Waals surface area contributed by atoms with Gasteiger partial charge in [-0.25, -0.2) is 0 Å². The Kier molecular flexibility index (Phi) is 7.33. The predicted molar refractivity (Wildman–Crippen MR) is 197 cm³/mol. The van der Waals surface area contributed by atoms with Crippen molar-refractivity contribution in [3.63, 3.8) is 0 Å². The Bertz CT molecular complexity index is 1970. The third-order valence-electron chi connectivity index (χ3n) is 10.9. The molecule has 4 atom stereocenters. The van der Waals surface area contributed by atoms with Gasteiger partial charge in [-0.05, 0) is 112 Å². The summed E-state index contributed by atoms with van der Waals surface area (Å²) >= 11 is 4.16. The summed E-state index contributed by atoms with van der Waals surface area (Å²) < 4.78 is 0. The largest absolute Gasteiger partial charge is 0.193 e. The maximum absolute atomic E-state index is 10.1. The van der Waals surface area contributed by atoms with Crippen molar-refractivity contribution >= 4 is 34.7 Å². The number of fused-ring (bicyclic) bond motifs is 4. The molecule has 0 N–H and O–H groups in total. The molecule has 226 valence electrons. The van der Waals surface area contributed by atoms with E-state index < -0.39 is 0 Å². The van der Waals surface area contributed by atoms with Gasteiger partial charge < -0.3 is 0 Å². The van der Waals surface area contributed by atoms with Gasteiger partial charge in [0.2, 0.25) is 0 Å². The minimum Gasteiger partial charge on any atom is -0.193 e. The minimum atomic E-state index is 0.138. The van der Waals surface area contributed by atoms with E-state index in [-0.39, 0.29) is 5.92 Å². The summed E-state index contributed by atoms with van der Waals surface area (Å²) in [5.74, 6) is 1.23. The van der Waals surface area contributed by atoms with Gasteiger partial charge in [-0.3, -0.25) is 0 Å². The topological polar surface area (TPSA) is 23.8 Å². The van der Waals surface area contributed by atoms with Crippen molar-refractivity contribution in [1.29, 1.82) is 5.26 Å². The average molecular weight is 632 g/mol. The molecule has 7 aliphatic rings. The van der Waals surface area contributed by atoms with Crippen molar-refractivity contribution in [3.05, 3.63) is 151 Å². The van der Waals surface area contributed by atoms with Crippen LogP contribution < -0.4 is 0 Å². The van der Waals surface area contributed by atoms with Gasteiger partial charge in [0.1, 0.15) is 0 Å². The summed E-state index contributed by atoms with van der Waals surface area (Å²) in [5, 5.41) is 10.5. The highest BCUT2D eigenvalue weighted by molar-refractivity contribution is 8.07. The van der Waals surface area contributed by atoms with Crippen molar-refractivity contribution in [2.24, 2.45) is 11.8 Å². The lowest BCUT2D eigenvalue weighted by Gasteiger charge is -2.33. The summed E-state index contributed by atoms with van der Waals surface area (Å²) in [6, 6.07) is 18.5. The fourth-order valence-electron chi connectivity index (χ4n) is 8.83. The van der Waals surface area contributed by atoms with E-state index in [9.17, 15) is 5.26 Å². The maximum Gasteiger partial charge on any atom is 0.0947 e. The lowest BCUT2D eigenvalue weighted by molar-refractivity contribution is 0.588. The molecular formula is C43H37NS2. The quantitative estimate of drug-likeness (QED) is 0.335. The lowest BCUT2D eigenvalue weighted by atomic mass is 9.73. The smallest absolute Gasteiger partial charge is 0.0947 e. The van der Waals surface area contributed by atoms with Crippen LogP contribution in [0.5, 0.6) is 0 Å². The maximum atomic E-state index is 10.1. The van der Waals surface area contributed by atoms with Crippen LogP contribution in [0.25, 0.3) is 22.3 Å². The second-order valence-electron chi connectivity index (χ2n) is 13.4. The molecule has 2 aromatic carbocycles.